The van der Waals surface area contributed by atoms with Gasteiger partial charge in [-0.1, -0.05) is 29.8 Å². The minimum Gasteiger partial charge on any atom is -0.373 e. The van der Waals surface area contributed by atoms with Gasteiger partial charge in [-0.05, 0) is 55.5 Å². The van der Waals surface area contributed by atoms with Gasteiger partial charge in [0.15, 0.2) is 5.82 Å². The summed E-state index contributed by atoms with van der Waals surface area (Å²) in [7, 11) is 0. The van der Waals surface area contributed by atoms with Crippen molar-refractivity contribution in [3.63, 3.8) is 0 Å². The van der Waals surface area contributed by atoms with Gasteiger partial charge in [0.05, 0.1) is 22.3 Å². The minimum absolute atomic E-state index is 0.0181. The minimum atomic E-state index is -1.04. The molecule has 168 valence electrons. The maximum absolute atomic E-state index is 14.5. The third kappa shape index (κ3) is 4.66. The Bertz CT molecular complexity index is 1060. The Morgan fingerprint density at radius 3 is 2.53 bits per heavy atom. The van der Waals surface area contributed by atoms with Crippen LogP contribution >= 0.6 is 23.2 Å². The maximum atomic E-state index is 14.5. The summed E-state index contributed by atoms with van der Waals surface area (Å²) in [6, 6.07) is 10.5. The van der Waals surface area contributed by atoms with Crippen molar-refractivity contribution in [1.29, 1.82) is 0 Å². The van der Waals surface area contributed by atoms with Gasteiger partial charge >= 0.3 is 0 Å². The number of amides is 1. The fourth-order valence-corrected chi connectivity index (χ4v) is 4.62. The molecular weight excluding hydrogens is 455 g/mol. The normalized spacial score (nSPS) is 23.7. The van der Waals surface area contributed by atoms with Crippen molar-refractivity contribution in [3.05, 3.63) is 76.5 Å². The molecule has 4 rings (SSSR count). The van der Waals surface area contributed by atoms with E-state index in [4.69, 9.17) is 23.2 Å². The molecular formula is C24H23Cl2F2N3O. The summed E-state index contributed by atoms with van der Waals surface area (Å²) in [5.41, 5.74) is 1.60. The third-order valence-electron chi connectivity index (χ3n) is 6.04. The maximum Gasteiger partial charge on any atom is 0.253 e. The van der Waals surface area contributed by atoms with Crippen LogP contribution in [0.2, 0.25) is 5.02 Å². The number of hydrogen-bond donors (Lipinski definition) is 1. The van der Waals surface area contributed by atoms with Crippen LogP contribution in [-0.4, -0.2) is 41.0 Å². The van der Waals surface area contributed by atoms with E-state index in [1.807, 2.05) is 0 Å². The summed E-state index contributed by atoms with van der Waals surface area (Å²) >= 11 is 12.6. The van der Waals surface area contributed by atoms with E-state index in [0.29, 0.717) is 18.7 Å². The fraction of sp³-hybridized carbons (Fsp3) is 0.333. The highest BCUT2D eigenvalue weighted by molar-refractivity contribution is 6.34. The zero-order valence-electron chi connectivity index (χ0n) is 17.5. The van der Waals surface area contributed by atoms with E-state index >= 15 is 0 Å². The average Bonchev–Trinajstić information content (AvgIpc) is 2.78. The van der Waals surface area contributed by atoms with E-state index < -0.39 is 16.7 Å². The third-order valence-corrected chi connectivity index (χ3v) is 6.65. The number of nitrogens with zero attached hydrogens (tertiary/aromatic N) is 2. The Kier molecular flexibility index (Phi) is 6.54. The van der Waals surface area contributed by atoms with Gasteiger partial charge in [0.2, 0.25) is 0 Å². The standard InChI is InChI=1S/C24H23Cl2F2N3O/c1-24(26)14-29-13-18(22(24)30-20-4-2-3-19(25)21(20)28)23(32)31-11-9-16(10-12-31)15-5-7-17(27)8-6-15/h2-8,13-14,16,22,30H,9-12H2,1H3. The highest BCUT2D eigenvalue weighted by atomic mass is 35.5. The molecule has 0 aliphatic carbocycles. The Morgan fingerprint density at radius 2 is 1.84 bits per heavy atom. The quantitative estimate of drug-likeness (QED) is 0.567. The first-order valence-corrected chi connectivity index (χ1v) is 11.2. The van der Waals surface area contributed by atoms with Crippen molar-refractivity contribution in [3.8, 4) is 0 Å². The molecule has 0 saturated carbocycles. The van der Waals surface area contributed by atoms with E-state index in [0.717, 1.165) is 18.4 Å². The SMILES string of the molecule is CC1(Cl)C=NC=C(C(=O)N2CCC(c3ccc(F)cc3)CC2)C1Nc1cccc(Cl)c1F. The van der Waals surface area contributed by atoms with Crippen LogP contribution in [0.4, 0.5) is 14.5 Å². The average molecular weight is 478 g/mol. The molecule has 32 heavy (non-hydrogen) atoms. The van der Waals surface area contributed by atoms with Crippen LogP contribution in [0.15, 0.2) is 59.2 Å². The first-order valence-electron chi connectivity index (χ1n) is 10.4. The van der Waals surface area contributed by atoms with Crippen molar-refractivity contribution >= 4 is 41.0 Å². The lowest BCUT2D eigenvalue weighted by Crippen LogP contribution is -2.50. The van der Waals surface area contributed by atoms with E-state index in [2.05, 4.69) is 10.3 Å². The molecule has 1 N–H and O–H groups in total. The number of anilines is 1. The number of likely N-dealkylation sites (tertiary alicyclic amines) is 1. The molecule has 0 bridgehead atoms. The molecule has 2 atom stereocenters. The van der Waals surface area contributed by atoms with Crippen LogP contribution in [0.1, 0.15) is 31.2 Å². The fourth-order valence-electron chi connectivity index (χ4n) is 4.22. The van der Waals surface area contributed by atoms with Gasteiger partial charge < -0.3 is 10.2 Å². The van der Waals surface area contributed by atoms with E-state index in [1.54, 1.807) is 36.1 Å². The second-order valence-electron chi connectivity index (χ2n) is 8.31. The van der Waals surface area contributed by atoms with Crippen LogP contribution in [0.5, 0.6) is 0 Å². The Hall–Kier alpha value is -2.44. The number of piperidine rings is 1. The van der Waals surface area contributed by atoms with E-state index in [-0.39, 0.29) is 28.4 Å². The molecule has 2 aliphatic heterocycles. The molecule has 0 radical (unpaired) electrons. The van der Waals surface area contributed by atoms with Gasteiger partial charge in [-0.3, -0.25) is 9.79 Å². The molecule has 0 spiro atoms. The molecule has 4 nitrogen and oxygen atoms in total. The number of carbonyl (C=O) groups is 1. The number of aliphatic imine (C=N–C) groups is 1. The molecule has 2 unspecified atom stereocenters. The number of hydrogen-bond acceptors (Lipinski definition) is 3. The second-order valence-corrected chi connectivity index (χ2v) is 9.53. The molecule has 0 aromatic heterocycles. The summed E-state index contributed by atoms with van der Waals surface area (Å²) < 4.78 is 27.7. The van der Waals surface area contributed by atoms with Crippen LogP contribution in [0, 0.1) is 11.6 Å². The van der Waals surface area contributed by atoms with Crippen molar-refractivity contribution in [2.24, 2.45) is 4.99 Å². The van der Waals surface area contributed by atoms with Crippen LogP contribution < -0.4 is 5.32 Å². The smallest absolute Gasteiger partial charge is 0.253 e. The summed E-state index contributed by atoms with van der Waals surface area (Å²) in [5.74, 6) is -0.780. The summed E-state index contributed by atoms with van der Waals surface area (Å²) in [5, 5.41) is 3.04. The van der Waals surface area contributed by atoms with Crippen LogP contribution in [0.3, 0.4) is 0 Å². The van der Waals surface area contributed by atoms with Crippen LogP contribution in [-0.2, 0) is 4.79 Å². The van der Waals surface area contributed by atoms with Gasteiger partial charge in [0.25, 0.3) is 5.91 Å². The summed E-state index contributed by atoms with van der Waals surface area (Å²) in [6.45, 7) is 2.83. The number of alkyl halides is 1. The summed E-state index contributed by atoms with van der Waals surface area (Å²) in [4.78, 5) is 18.3. The molecule has 1 fully saturated rings. The first kappa shape index (κ1) is 22.7. The number of halogens is 4. The van der Waals surface area contributed by atoms with Crippen LogP contribution in [0.25, 0.3) is 0 Å². The Balaban J connectivity index is 1.50. The molecule has 2 aromatic carbocycles. The molecule has 8 heteroatoms. The monoisotopic (exact) mass is 477 g/mol. The van der Waals surface area contributed by atoms with Crippen molar-refractivity contribution in [2.45, 2.75) is 36.6 Å². The van der Waals surface area contributed by atoms with E-state index in [1.165, 1.54) is 30.6 Å². The van der Waals surface area contributed by atoms with E-state index in [9.17, 15) is 13.6 Å². The molecule has 1 amide bonds. The largest absolute Gasteiger partial charge is 0.373 e. The first-order chi connectivity index (χ1) is 15.3. The number of carbonyl (C=O) groups excluding carboxylic acids is 1. The zero-order valence-corrected chi connectivity index (χ0v) is 19.0. The lowest BCUT2D eigenvalue weighted by Gasteiger charge is -2.38. The van der Waals surface area contributed by atoms with Gasteiger partial charge in [-0.25, -0.2) is 8.78 Å². The second kappa shape index (κ2) is 9.20. The predicted octanol–water partition coefficient (Wildman–Crippen LogP) is 5.77. The predicted molar refractivity (Wildman–Crippen MR) is 125 cm³/mol. The van der Waals surface area contributed by atoms with Crippen molar-refractivity contribution in [1.82, 2.24) is 4.90 Å². The number of nitrogens with one attached hydrogen (secondary N) is 1. The molecule has 2 heterocycles. The highest BCUT2D eigenvalue weighted by Crippen LogP contribution is 2.34. The number of rotatable bonds is 4. The van der Waals surface area contributed by atoms with Gasteiger partial charge in [-0.15, -0.1) is 11.6 Å². The van der Waals surface area contributed by atoms with Gasteiger partial charge in [0.1, 0.15) is 10.7 Å². The van der Waals surface area contributed by atoms with Gasteiger partial charge in [-0.2, -0.15) is 0 Å². The summed E-state index contributed by atoms with van der Waals surface area (Å²) in [6.07, 6.45) is 4.56. The van der Waals surface area contributed by atoms with Crippen molar-refractivity contribution < 1.29 is 13.6 Å². The molecule has 2 aliphatic rings. The van der Waals surface area contributed by atoms with Gasteiger partial charge in [0, 0.05) is 25.5 Å². The zero-order chi connectivity index (χ0) is 22.9. The highest BCUT2D eigenvalue weighted by Gasteiger charge is 2.40. The number of benzene rings is 2. The lowest BCUT2D eigenvalue weighted by atomic mass is 9.88. The Morgan fingerprint density at radius 1 is 1.16 bits per heavy atom. The molecule has 1 saturated heterocycles. The topological polar surface area (TPSA) is 44.7 Å². The Labute approximate surface area is 195 Å². The molecule has 2 aromatic rings. The van der Waals surface area contributed by atoms with Crippen molar-refractivity contribution in [2.75, 3.05) is 18.4 Å². The lowest BCUT2D eigenvalue weighted by molar-refractivity contribution is -0.128.